The Morgan fingerprint density at radius 2 is 1.90 bits per heavy atom. The lowest BCUT2D eigenvalue weighted by Gasteiger charge is -2.26. The number of aliphatic carboxylic acids is 1. The minimum absolute atomic E-state index is 0.0686. The van der Waals surface area contributed by atoms with E-state index >= 15 is 0 Å². The normalized spacial score (nSPS) is 21.7. The standard InChI is InChI=1S/C16H21NO4/c18-14-3-1-2-12(8-14)9-15(19)17-10-11-4-6-13(7-5-11)16(20)21/h1-3,8,11,13,18H,4-7,9-10H2,(H,17,19)(H,20,21). The first-order valence-electron chi connectivity index (χ1n) is 7.32. The molecule has 1 aliphatic carbocycles. The molecule has 21 heavy (non-hydrogen) atoms. The second kappa shape index (κ2) is 7.11. The summed E-state index contributed by atoms with van der Waals surface area (Å²) in [5, 5.41) is 21.2. The number of aromatic hydroxyl groups is 1. The van der Waals surface area contributed by atoms with Gasteiger partial charge in [0.15, 0.2) is 0 Å². The Bertz CT molecular complexity index is 507. The molecule has 1 aliphatic rings. The van der Waals surface area contributed by atoms with Crippen LogP contribution in [0.15, 0.2) is 24.3 Å². The molecule has 0 atom stereocenters. The molecule has 5 nitrogen and oxygen atoms in total. The van der Waals surface area contributed by atoms with Crippen molar-refractivity contribution in [1.82, 2.24) is 5.32 Å². The second-order valence-corrected chi connectivity index (χ2v) is 5.71. The Hall–Kier alpha value is -2.04. The SMILES string of the molecule is O=C(Cc1cccc(O)c1)NCC1CCC(C(=O)O)CC1. The van der Waals surface area contributed by atoms with E-state index in [2.05, 4.69) is 5.32 Å². The van der Waals surface area contributed by atoms with Crippen LogP contribution in [-0.2, 0) is 16.0 Å². The number of rotatable bonds is 5. The van der Waals surface area contributed by atoms with Gasteiger partial charge < -0.3 is 15.5 Å². The number of carbonyl (C=O) groups excluding carboxylic acids is 1. The molecule has 0 radical (unpaired) electrons. The van der Waals surface area contributed by atoms with Gasteiger partial charge in [-0.2, -0.15) is 0 Å². The third kappa shape index (κ3) is 4.77. The number of amides is 1. The van der Waals surface area contributed by atoms with Crippen molar-refractivity contribution < 1.29 is 19.8 Å². The summed E-state index contributed by atoms with van der Waals surface area (Å²) in [5.74, 6) is -0.465. The van der Waals surface area contributed by atoms with Gasteiger partial charge in [0.05, 0.1) is 12.3 Å². The van der Waals surface area contributed by atoms with Gasteiger partial charge in [0.1, 0.15) is 5.75 Å². The molecule has 0 heterocycles. The Morgan fingerprint density at radius 3 is 2.52 bits per heavy atom. The van der Waals surface area contributed by atoms with E-state index in [0.717, 1.165) is 18.4 Å². The molecule has 0 unspecified atom stereocenters. The third-order valence-corrected chi connectivity index (χ3v) is 4.06. The minimum Gasteiger partial charge on any atom is -0.508 e. The maximum atomic E-state index is 11.9. The van der Waals surface area contributed by atoms with E-state index in [9.17, 15) is 14.7 Å². The molecular formula is C16H21NO4. The van der Waals surface area contributed by atoms with Crippen molar-refractivity contribution >= 4 is 11.9 Å². The summed E-state index contributed by atoms with van der Waals surface area (Å²) in [7, 11) is 0. The van der Waals surface area contributed by atoms with Crippen LogP contribution in [0.3, 0.4) is 0 Å². The molecule has 3 N–H and O–H groups in total. The number of benzene rings is 1. The molecule has 1 aromatic carbocycles. The van der Waals surface area contributed by atoms with Gasteiger partial charge in [0, 0.05) is 6.54 Å². The van der Waals surface area contributed by atoms with E-state index in [1.165, 1.54) is 0 Å². The number of carboxylic acid groups (broad SMARTS) is 1. The molecule has 1 aromatic rings. The van der Waals surface area contributed by atoms with Crippen LogP contribution in [0.4, 0.5) is 0 Å². The summed E-state index contributed by atoms with van der Waals surface area (Å²) in [4.78, 5) is 22.7. The van der Waals surface area contributed by atoms with Crippen LogP contribution in [0, 0.1) is 11.8 Å². The zero-order valence-corrected chi connectivity index (χ0v) is 11.9. The lowest BCUT2D eigenvalue weighted by atomic mass is 9.82. The largest absolute Gasteiger partial charge is 0.508 e. The van der Waals surface area contributed by atoms with Crippen LogP contribution in [0.5, 0.6) is 5.75 Å². The first-order chi connectivity index (χ1) is 10.0. The molecule has 0 aliphatic heterocycles. The fraction of sp³-hybridized carbons (Fsp3) is 0.500. The molecule has 0 saturated heterocycles. The van der Waals surface area contributed by atoms with E-state index in [-0.39, 0.29) is 24.0 Å². The molecule has 2 rings (SSSR count). The molecule has 0 spiro atoms. The van der Waals surface area contributed by atoms with Crippen molar-refractivity contribution in [2.75, 3.05) is 6.54 Å². The first-order valence-corrected chi connectivity index (χ1v) is 7.32. The highest BCUT2D eigenvalue weighted by molar-refractivity contribution is 5.78. The highest BCUT2D eigenvalue weighted by Crippen LogP contribution is 2.28. The molecule has 5 heteroatoms. The predicted octanol–water partition coefficient (Wildman–Crippen LogP) is 1.94. The molecular weight excluding hydrogens is 270 g/mol. The summed E-state index contributed by atoms with van der Waals surface area (Å²) in [6.45, 7) is 0.601. The highest BCUT2D eigenvalue weighted by Gasteiger charge is 2.25. The topological polar surface area (TPSA) is 86.6 Å². The van der Waals surface area contributed by atoms with Gasteiger partial charge in [-0.1, -0.05) is 12.1 Å². The molecule has 1 amide bonds. The van der Waals surface area contributed by atoms with Gasteiger partial charge in [-0.05, 0) is 49.3 Å². The quantitative estimate of drug-likeness (QED) is 0.774. The number of phenolic OH excluding ortho intramolecular Hbond substituents is 1. The van der Waals surface area contributed by atoms with E-state index in [4.69, 9.17) is 5.11 Å². The number of carboxylic acids is 1. The Morgan fingerprint density at radius 1 is 1.19 bits per heavy atom. The van der Waals surface area contributed by atoms with Crippen LogP contribution in [-0.4, -0.2) is 28.6 Å². The summed E-state index contributed by atoms with van der Waals surface area (Å²) in [6, 6.07) is 6.67. The zero-order valence-electron chi connectivity index (χ0n) is 11.9. The molecule has 0 bridgehead atoms. The number of hydrogen-bond acceptors (Lipinski definition) is 3. The average Bonchev–Trinajstić information content (AvgIpc) is 2.45. The monoisotopic (exact) mass is 291 g/mol. The van der Waals surface area contributed by atoms with Crippen LogP contribution in [0.2, 0.25) is 0 Å². The maximum absolute atomic E-state index is 11.9. The maximum Gasteiger partial charge on any atom is 0.306 e. The van der Waals surface area contributed by atoms with Gasteiger partial charge in [0.2, 0.25) is 5.91 Å². The Balaban J connectivity index is 1.71. The van der Waals surface area contributed by atoms with Crippen LogP contribution >= 0.6 is 0 Å². The fourth-order valence-electron chi connectivity index (χ4n) is 2.79. The summed E-state index contributed by atoms with van der Waals surface area (Å²) < 4.78 is 0. The lowest BCUT2D eigenvalue weighted by Crippen LogP contribution is -2.33. The van der Waals surface area contributed by atoms with Gasteiger partial charge in [-0.3, -0.25) is 9.59 Å². The second-order valence-electron chi connectivity index (χ2n) is 5.71. The predicted molar refractivity (Wildman–Crippen MR) is 77.9 cm³/mol. The fourth-order valence-corrected chi connectivity index (χ4v) is 2.79. The number of hydrogen-bond donors (Lipinski definition) is 3. The number of phenols is 1. The lowest BCUT2D eigenvalue weighted by molar-refractivity contribution is -0.143. The van der Waals surface area contributed by atoms with E-state index < -0.39 is 5.97 Å². The zero-order chi connectivity index (χ0) is 15.2. The van der Waals surface area contributed by atoms with Crippen LogP contribution in [0.25, 0.3) is 0 Å². The van der Waals surface area contributed by atoms with Gasteiger partial charge >= 0.3 is 5.97 Å². The number of nitrogens with one attached hydrogen (secondary N) is 1. The molecule has 1 fully saturated rings. The summed E-state index contributed by atoms with van der Waals surface area (Å²) in [5.41, 5.74) is 0.780. The molecule has 0 aromatic heterocycles. The van der Waals surface area contributed by atoms with Crippen molar-refractivity contribution in [3.05, 3.63) is 29.8 Å². The van der Waals surface area contributed by atoms with Crippen LogP contribution in [0.1, 0.15) is 31.2 Å². The van der Waals surface area contributed by atoms with Crippen molar-refractivity contribution in [2.45, 2.75) is 32.1 Å². The van der Waals surface area contributed by atoms with Gasteiger partial charge in [-0.15, -0.1) is 0 Å². The van der Waals surface area contributed by atoms with Crippen molar-refractivity contribution in [2.24, 2.45) is 11.8 Å². The van der Waals surface area contributed by atoms with E-state index in [1.54, 1.807) is 24.3 Å². The molecule has 1 saturated carbocycles. The number of carbonyl (C=O) groups is 2. The Labute approximate surface area is 124 Å². The van der Waals surface area contributed by atoms with E-state index in [1.807, 2.05) is 0 Å². The van der Waals surface area contributed by atoms with Crippen molar-refractivity contribution in [1.29, 1.82) is 0 Å². The first kappa shape index (κ1) is 15.4. The van der Waals surface area contributed by atoms with Crippen molar-refractivity contribution in [3.8, 4) is 5.75 Å². The van der Waals surface area contributed by atoms with Gasteiger partial charge in [-0.25, -0.2) is 0 Å². The Kier molecular flexibility index (Phi) is 5.20. The average molecular weight is 291 g/mol. The smallest absolute Gasteiger partial charge is 0.306 e. The van der Waals surface area contributed by atoms with Gasteiger partial charge in [0.25, 0.3) is 0 Å². The third-order valence-electron chi connectivity index (χ3n) is 4.06. The summed E-state index contributed by atoms with van der Waals surface area (Å²) in [6.07, 6.45) is 3.34. The van der Waals surface area contributed by atoms with E-state index in [0.29, 0.717) is 25.3 Å². The minimum atomic E-state index is -0.707. The van der Waals surface area contributed by atoms with Crippen molar-refractivity contribution in [3.63, 3.8) is 0 Å². The van der Waals surface area contributed by atoms with Crippen LogP contribution < -0.4 is 5.32 Å². The molecule has 114 valence electrons. The summed E-state index contributed by atoms with van der Waals surface area (Å²) >= 11 is 0. The highest BCUT2D eigenvalue weighted by atomic mass is 16.4.